The Morgan fingerprint density at radius 3 is 2.00 bits per heavy atom. The van der Waals surface area contributed by atoms with Crippen LogP contribution in [-0.4, -0.2) is 23.6 Å². The van der Waals surface area contributed by atoms with Gasteiger partial charge in [0.15, 0.2) is 11.6 Å². The second-order valence-electron chi connectivity index (χ2n) is 2.57. The van der Waals surface area contributed by atoms with Gasteiger partial charge < -0.3 is 4.79 Å². The molecule has 0 aromatic carbocycles. The molecule has 0 aliphatic carbocycles. The van der Waals surface area contributed by atoms with Crippen molar-refractivity contribution in [1.29, 1.82) is 0 Å². The second kappa shape index (κ2) is 5.35. The van der Waals surface area contributed by atoms with Gasteiger partial charge in [-0.3, -0.25) is 14.4 Å². The highest BCUT2D eigenvalue weighted by Gasteiger charge is 2.28. The summed E-state index contributed by atoms with van der Waals surface area (Å²) in [6.45, 7) is 3.06. The standard InChI is InChI=1S/C9H12O4/c1-3-7(11)6(5-10)9(13)8(12)4-2/h5-6H,3-4H2,1-2H3. The molecule has 0 aliphatic heterocycles. The summed E-state index contributed by atoms with van der Waals surface area (Å²) in [6.07, 6.45) is 0.355. The summed E-state index contributed by atoms with van der Waals surface area (Å²) in [4.78, 5) is 43.3. The molecule has 1 atom stereocenters. The Labute approximate surface area is 76.3 Å². The van der Waals surface area contributed by atoms with Gasteiger partial charge >= 0.3 is 0 Å². The van der Waals surface area contributed by atoms with Crippen LogP contribution in [0.2, 0.25) is 0 Å². The molecule has 0 bridgehead atoms. The highest BCUT2D eigenvalue weighted by Crippen LogP contribution is 2.02. The fourth-order valence-corrected chi connectivity index (χ4v) is 0.851. The smallest absolute Gasteiger partial charge is 0.215 e. The number of aldehydes is 1. The summed E-state index contributed by atoms with van der Waals surface area (Å²) in [6, 6.07) is 0. The predicted octanol–water partition coefficient (Wildman–Crippen LogP) is 0.329. The van der Waals surface area contributed by atoms with Gasteiger partial charge in [0.1, 0.15) is 12.2 Å². The van der Waals surface area contributed by atoms with Crippen molar-refractivity contribution < 1.29 is 19.2 Å². The van der Waals surface area contributed by atoms with Gasteiger partial charge in [-0.05, 0) is 0 Å². The third-order valence-electron chi connectivity index (χ3n) is 1.71. The minimum absolute atomic E-state index is 0.0279. The first-order valence-corrected chi connectivity index (χ1v) is 4.13. The monoisotopic (exact) mass is 184 g/mol. The zero-order chi connectivity index (χ0) is 10.4. The van der Waals surface area contributed by atoms with E-state index in [0.717, 1.165) is 0 Å². The summed E-state index contributed by atoms with van der Waals surface area (Å²) >= 11 is 0. The van der Waals surface area contributed by atoms with Gasteiger partial charge in [0, 0.05) is 12.8 Å². The van der Waals surface area contributed by atoms with E-state index in [-0.39, 0.29) is 19.1 Å². The summed E-state index contributed by atoms with van der Waals surface area (Å²) in [5.74, 6) is -3.43. The highest BCUT2D eigenvalue weighted by molar-refractivity contribution is 6.44. The van der Waals surface area contributed by atoms with Crippen molar-refractivity contribution in [3.05, 3.63) is 0 Å². The fourth-order valence-electron chi connectivity index (χ4n) is 0.851. The maximum Gasteiger partial charge on any atom is 0.215 e. The van der Waals surface area contributed by atoms with Crippen molar-refractivity contribution in [2.24, 2.45) is 5.92 Å². The molecule has 0 fully saturated rings. The molecule has 4 nitrogen and oxygen atoms in total. The van der Waals surface area contributed by atoms with Crippen LogP contribution in [0.4, 0.5) is 0 Å². The van der Waals surface area contributed by atoms with Crippen molar-refractivity contribution >= 4 is 23.6 Å². The quantitative estimate of drug-likeness (QED) is 0.339. The Hall–Kier alpha value is -1.32. The average Bonchev–Trinajstić information content (AvgIpc) is 2.17. The zero-order valence-electron chi connectivity index (χ0n) is 7.70. The van der Waals surface area contributed by atoms with Gasteiger partial charge in [-0.15, -0.1) is 0 Å². The summed E-state index contributed by atoms with van der Waals surface area (Å²) in [7, 11) is 0. The van der Waals surface area contributed by atoms with Gasteiger partial charge in [-0.2, -0.15) is 0 Å². The molecule has 0 aliphatic rings. The largest absolute Gasteiger partial charge is 0.302 e. The Morgan fingerprint density at radius 1 is 1.15 bits per heavy atom. The Bertz CT molecular complexity index is 242. The van der Waals surface area contributed by atoms with Crippen LogP contribution in [0.1, 0.15) is 26.7 Å². The lowest BCUT2D eigenvalue weighted by molar-refractivity contribution is -0.144. The van der Waals surface area contributed by atoms with Crippen molar-refractivity contribution in [2.45, 2.75) is 26.7 Å². The Kier molecular flexibility index (Phi) is 4.80. The van der Waals surface area contributed by atoms with E-state index in [4.69, 9.17) is 0 Å². The van der Waals surface area contributed by atoms with E-state index >= 15 is 0 Å². The number of ketones is 3. The molecule has 72 valence electrons. The Morgan fingerprint density at radius 2 is 1.69 bits per heavy atom. The van der Waals surface area contributed by atoms with E-state index in [1.807, 2.05) is 0 Å². The third kappa shape index (κ3) is 2.89. The minimum Gasteiger partial charge on any atom is -0.302 e. The molecule has 0 heterocycles. The average molecular weight is 184 g/mol. The number of rotatable bonds is 6. The molecular formula is C9H12O4. The van der Waals surface area contributed by atoms with Gasteiger partial charge in [0.2, 0.25) is 5.78 Å². The number of Topliss-reactive ketones (excluding diaryl/α,β-unsaturated/α-hetero) is 3. The van der Waals surface area contributed by atoms with Gasteiger partial charge in [-0.25, -0.2) is 0 Å². The SMILES string of the molecule is CCC(=O)C(=O)C(C=O)C(=O)CC. The number of hydrogen-bond donors (Lipinski definition) is 0. The van der Waals surface area contributed by atoms with Crippen LogP contribution in [-0.2, 0) is 19.2 Å². The molecule has 0 amide bonds. The summed E-state index contributed by atoms with van der Waals surface area (Å²) in [5.41, 5.74) is 0. The van der Waals surface area contributed by atoms with Crippen LogP contribution < -0.4 is 0 Å². The second-order valence-corrected chi connectivity index (χ2v) is 2.57. The van der Waals surface area contributed by atoms with E-state index in [9.17, 15) is 19.2 Å². The van der Waals surface area contributed by atoms with Crippen LogP contribution >= 0.6 is 0 Å². The first-order chi connectivity index (χ1) is 6.08. The first-order valence-electron chi connectivity index (χ1n) is 4.13. The minimum atomic E-state index is -1.38. The molecule has 1 unspecified atom stereocenters. The van der Waals surface area contributed by atoms with Crippen molar-refractivity contribution in [3.8, 4) is 0 Å². The molecule has 0 aromatic rings. The van der Waals surface area contributed by atoms with Crippen molar-refractivity contribution in [1.82, 2.24) is 0 Å². The highest BCUT2D eigenvalue weighted by atomic mass is 16.2. The van der Waals surface area contributed by atoms with Crippen LogP contribution in [0.15, 0.2) is 0 Å². The van der Waals surface area contributed by atoms with Gasteiger partial charge in [0.25, 0.3) is 0 Å². The molecule has 0 aromatic heterocycles. The van der Waals surface area contributed by atoms with Crippen LogP contribution in [0, 0.1) is 5.92 Å². The number of carbonyl (C=O) groups excluding carboxylic acids is 4. The molecule has 0 radical (unpaired) electrons. The summed E-state index contributed by atoms with van der Waals surface area (Å²) in [5, 5.41) is 0. The summed E-state index contributed by atoms with van der Waals surface area (Å²) < 4.78 is 0. The molecule has 0 saturated heterocycles. The molecule has 0 saturated carbocycles. The maximum absolute atomic E-state index is 11.1. The lowest BCUT2D eigenvalue weighted by Gasteiger charge is -2.03. The fraction of sp³-hybridized carbons (Fsp3) is 0.556. The molecule has 0 rings (SSSR count). The molecule has 0 spiro atoms. The topological polar surface area (TPSA) is 68.3 Å². The molecular weight excluding hydrogens is 172 g/mol. The first kappa shape index (κ1) is 11.7. The third-order valence-corrected chi connectivity index (χ3v) is 1.71. The van der Waals surface area contributed by atoms with E-state index < -0.39 is 23.3 Å². The number of carbonyl (C=O) groups is 4. The molecule has 0 N–H and O–H groups in total. The maximum atomic E-state index is 11.1. The lowest BCUT2D eigenvalue weighted by atomic mass is 9.95. The van der Waals surface area contributed by atoms with Gasteiger partial charge in [0.05, 0.1) is 0 Å². The molecule has 4 heteroatoms. The Balaban J connectivity index is 4.59. The van der Waals surface area contributed by atoms with E-state index in [0.29, 0.717) is 0 Å². The van der Waals surface area contributed by atoms with Crippen LogP contribution in [0.3, 0.4) is 0 Å². The van der Waals surface area contributed by atoms with Crippen LogP contribution in [0.25, 0.3) is 0 Å². The van der Waals surface area contributed by atoms with E-state index in [2.05, 4.69) is 0 Å². The van der Waals surface area contributed by atoms with Gasteiger partial charge in [-0.1, -0.05) is 13.8 Å². The normalized spacial score (nSPS) is 11.8. The van der Waals surface area contributed by atoms with Crippen LogP contribution in [0.5, 0.6) is 0 Å². The van der Waals surface area contributed by atoms with E-state index in [1.165, 1.54) is 6.92 Å². The predicted molar refractivity (Wildman–Crippen MR) is 45.2 cm³/mol. The number of hydrogen-bond acceptors (Lipinski definition) is 4. The zero-order valence-corrected chi connectivity index (χ0v) is 7.70. The van der Waals surface area contributed by atoms with Crippen molar-refractivity contribution in [2.75, 3.05) is 0 Å². The lowest BCUT2D eigenvalue weighted by Crippen LogP contribution is -2.30. The van der Waals surface area contributed by atoms with E-state index in [1.54, 1.807) is 6.92 Å². The molecule has 13 heavy (non-hydrogen) atoms. The van der Waals surface area contributed by atoms with Crippen molar-refractivity contribution in [3.63, 3.8) is 0 Å².